The first-order valence-corrected chi connectivity index (χ1v) is 6.90. The average molecular weight is 289 g/mol. The molecule has 0 radical (unpaired) electrons. The van der Waals surface area contributed by atoms with Gasteiger partial charge in [-0.3, -0.25) is 0 Å². The molecule has 1 aromatic carbocycles. The van der Waals surface area contributed by atoms with E-state index in [9.17, 15) is 4.39 Å². The quantitative estimate of drug-likeness (QED) is 0.836. The van der Waals surface area contributed by atoms with Crippen molar-refractivity contribution in [3.8, 4) is 0 Å². The highest BCUT2D eigenvalue weighted by atomic mass is 35.5. The molecule has 1 aliphatic heterocycles. The Bertz CT molecular complexity index is 370. The van der Waals surface area contributed by atoms with Crippen molar-refractivity contribution in [1.82, 2.24) is 5.32 Å². The van der Waals surface area contributed by atoms with E-state index in [1.54, 1.807) is 19.2 Å². The van der Waals surface area contributed by atoms with Crippen LogP contribution in [0.3, 0.4) is 0 Å². The second-order valence-corrected chi connectivity index (χ2v) is 5.00. The summed E-state index contributed by atoms with van der Waals surface area (Å²) in [4.78, 5) is 0. The van der Waals surface area contributed by atoms with Crippen LogP contribution in [0.25, 0.3) is 0 Å². The molecule has 1 aliphatic rings. The minimum Gasteiger partial charge on any atom is -0.385 e. The number of rotatable bonds is 4. The fraction of sp³-hybridized carbons (Fsp3) is 0.571. The first kappa shape index (κ1) is 16.4. The van der Waals surface area contributed by atoms with Crippen molar-refractivity contribution in [2.75, 3.05) is 26.8 Å². The van der Waals surface area contributed by atoms with E-state index in [2.05, 4.69) is 5.32 Å². The Morgan fingerprint density at radius 1 is 1.53 bits per heavy atom. The van der Waals surface area contributed by atoms with Gasteiger partial charge in [0.1, 0.15) is 5.82 Å². The van der Waals surface area contributed by atoms with Crippen molar-refractivity contribution in [3.63, 3.8) is 0 Å². The lowest BCUT2D eigenvalue weighted by molar-refractivity contribution is 0.195. The molecule has 0 spiro atoms. The molecular weight excluding hydrogens is 267 g/mol. The molecule has 1 atom stereocenters. The summed E-state index contributed by atoms with van der Waals surface area (Å²) in [6, 6.07) is 5.23. The van der Waals surface area contributed by atoms with Crippen molar-refractivity contribution in [2.45, 2.75) is 25.3 Å². The molecule has 3 N–H and O–H groups in total. The summed E-state index contributed by atoms with van der Waals surface area (Å²) in [5.41, 5.74) is 6.52. The second-order valence-electron chi connectivity index (χ2n) is 4.60. The van der Waals surface area contributed by atoms with Crippen LogP contribution in [0.2, 0.25) is 5.02 Å². The van der Waals surface area contributed by atoms with Gasteiger partial charge in [0.25, 0.3) is 0 Å². The maximum Gasteiger partial charge on any atom is 0.141 e. The van der Waals surface area contributed by atoms with Gasteiger partial charge < -0.3 is 15.8 Å². The third-order valence-corrected chi connectivity index (χ3v) is 3.19. The van der Waals surface area contributed by atoms with Gasteiger partial charge in [0.15, 0.2) is 0 Å². The van der Waals surface area contributed by atoms with Crippen LogP contribution >= 0.6 is 11.6 Å². The summed E-state index contributed by atoms with van der Waals surface area (Å²) in [5.74, 6) is -0.364. The molecule has 1 fully saturated rings. The Morgan fingerprint density at radius 2 is 2.32 bits per heavy atom. The number of halogens is 2. The van der Waals surface area contributed by atoms with Gasteiger partial charge in [-0.25, -0.2) is 4.39 Å². The molecule has 0 aromatic heterocycles. The van der Waals surface area contributed by atoms with Crippen molar-refractivity contribution in [1.29, 1.82) is 0 Å². The van der Waals surface area contributed by atoms with Crippen LogP contribution in [0.5, 0.6) is 0 Å². The van der Waals surface area contributed by atoms with Crippen LogP contribution in [0.4, 0.5) is 4.39 Å². The standard InChI is InChI=1S/C10H12ClFO.C4H10N2/c1-13-6-2-3-8-4-5-10(12)9(11)7-8;5-4-1-2-6-3-4/h4-5,7H,2-3,6H2,1H3;4,6H,1-3,5H2/t;4-/m.0/s1. The van der Waals surface area contributed by atoms with E-state index >= 15 is 0 Å². The Kier molecular flexibility index (Phi) is 7.98. The molecule has 0 amide bonds. The molecule has 0 saturated carbocycles. The van der Waals surface area contributed by atoms with Crippen LogP contribution in [-0.4, -0.2) is 32.8 Å². The predicted molar refractivity (Wildman–Crippen MR) is 77.1 cm³/mol. The molecule has 3 nitrogen and oxygen atoms in total. The first-order valence-electron chi connectivity index (χ1n) is 6.52. The van der Waals surface area contributed by atoms with E-state index in [0.717, 1.165) is 44.5 Å². The zero-order valence-electron chi connectivity index (χ0n) is 11.3. The fourth-order valence-corrected chi connectivity index (χ4v) is 2.00. The Balaban J connectivity index is 0.000000250. The lowest BCUT2D eigenvalue weighted by Crippen LogP contribution is -2.21. The number of methoxy groups -OCH3 is 1. The van der Waals surface area contributed by atoms with E-state index in [1.807, 2.05) is 0 Å². The van der Waals surface area contributed by atoms with Crippen molar-refractivity contribution in [2.24, 2.45) is 5.73 Å². The highest BCUT2D eigenvalue weighted by molar-refractivity contribution is 6.30. The Hall–Kier alpha value is -0.680. The smallest absolute Gasteiger partial charge is 0.141 e. The Labute approximate surface area is 119 Å². The number of hydrogen-bond acceptors (Lipinski definition) is 3. The molecule has 5 heteroatoms. The summed E-state index contributed by atoms with van der Waals surface area (Å²) in [6.45, 7) is 2.84. The number of nitrogens with one attached hydrogen (secondary N) is 1. The van der Waals surface area contributed by atoms with Gasteiger partial charge in [0, 0.05) is 26.3 Å². The number of hydrogen-bond donors (Lipinski definition) is 2. The third kappa shape index (κ3) is 6.87. The zero-order chi connectivity index (χ0) is 14.1. The van der Waals surface area contributed by atoms with E-state index in [-0.39, 0.29) is 10.8 Å². The first-order chi connectivity index (χ1) is 9.13. The van der Waals surface area contributed by atoms with Crippen LogP contribution in [-0.2, 0) is 11.2 Å². The van der Waals surface area contributed by atoms with E-state index in [0.29, 0.717) is 6.04 Å². The maximum atomic E-state index is 12.7. The molecule has 0 unspecified atom stereocenters. The fourth-order valence-electron chi connectivity index (χ4n) is 1.79. The van der Waals surface area contributed by atoms with Crippen molar-refractivity contribution < 1.29 is 9.13 Å². The van der Waals surface area contributed by atoms with Gasteiger partial charge in [-0.1, -0.05) is 17.7 Å². The number of benzene rings is 1. The van der Waals surface area contributed by atoms with Crippen molar-refractivity contribution >= 4 is 11.6 Å². The lowest BCUT2D eigenvalue weighted by Gasteiger charge is -2.01. The van der Waals surface area contributed by atoms with Gasteiger partial charge in [-0.15, -0.1) is 0 Å². The van der Waals surface area contributed by atoms with Gasteiger partial charge in [0.2, 0.25) is 0 Å². The van der Waals surface area contributed by atoms with E-state index in [4.69, 9.17) is 22.1 Å². The predicted octanol–water partition coefficient (Wildman–Crippen LogP) is 2.37. The molecule has 0 bridgehead atoms. The average Bonchev–Trinajstić information content (AvgIpc) is 2.86. The molecule has 19 heavy (non-hydrogen) atoms. The summed E-state index contributed by atoms with van der Waals surface area (Å²) < 4.78 is 17.6. The minimum absolute atomic E-state index is 0.190. The Morgan fingerprint density at radius 3 is 2.79 bits per heavy atom. The lowest BCUT2D eigenvalue weighted by atomic mass is 10.1. The van der Waals surface area contributed by atoms with Crippen LogP contribution in [0.15, 0.2) is 18.2 Å². The highest BCUT2D eigenvalue weighted by Gasteiger charge is 2.06. The van der Waals surface area contributed by atoms with E-state index < -0.39 is 0 Å². The van der Waals surface area contributed by atoms with Crippen LogP contribution in [0, 0.1) is 5.82 Å². The second kappa shape index (κ2) is 9.26. The number of ether oxygens (including phenoxy) is 1. The van der Waals surface area contributed by atoms with Gasteiger partial charge in [-0.05, 0) is 43.5 Å². The molecule has 1 saturated heterocycles. The molecule has 1 heterocycles. The largest absolute Gasteiger partial charge is 0.385 e. The number of nitrogens with two attached hydrogens (primary N) is 1. The number of aryl methyl sites for hydroxylation is 1. The summed E-state index contributed by atoms with van der Waals surface area (Å²) in [7, 11) is 1.66. The molecule has 2 rings (SSSR count). The minimum atomic E-state index is -0.364. The van der Waals surface area contributed by atoms with E-state index in [1.165, 1.54) is 6.07 Å². The normalized spacial score (nSPS) is 18.0. The molecule has 1 aromatic rings. The molecule has 0 aliphatic carbocycles. The molecular formula is C14H22ClFN2O. The summed E-state index contributed by atoms with van der Waals surface area (Å²) in [6.07, 6.45) is 2.95. The summed E-state index contributed by atoms with van der Waals surface area (Å²) >= 11 is 5.62. The monoisotopic (exact) mass is 288 g/mol. The topological polar surface area (TPSA) is 47.3 Å². The van der Waals surface area contributed by atoms with Crippen LogP contribution < -0.4 is 11.1 Å². The molecule has 108 valence electrons. The third-order valence-electron chi connectivity index (χ3n) is 2.90. The zero-order valence-corrected chi connectivity index (χ0v) is 12.0. The van der Waals surface area contributed by atoms with Gasteiger partial charge in [0.05, 0.1) is 5.02 Å². The van der Waals surface area contributed by atoms with Gasteiger partial charge >= 0.3 is 0 Å². The maximum absolute atomic E-state index is 12.7. The van der Waals surface area contributed by atoms with Gasteiger partial charge in [-0.2, -0.15) is 0 Å². The SMILES string of the molecule is COCCCc1ccc(F)c(Cl)c1.N[C@H]1CCNC1. The highest BCUT2D eigenvalue weighted by Crippen LogP contribution is 2.16. The van der Waals surface area contributed by atoms with Crippen LogP contribution in [0.1, 0.15) is 18.4 Å². The summed E-state index contributed by atoms with van der Waals surface area (Å²) in [5, 5.41) is 3.34. The van der Waals surface area contributed by atoms with Crippen molar-refractivity contribution in [3.05, 3.63) is 34.6 Å².